The van der Waals surface area contributed by atoms with Gasteiger partial charge in [-0.2, -0.15) is 0 Å². The zero-order valence-electron chi connectivity index (χ0n) is 16.3. The van der Waals surface area contributed by atoms with Crippen molar-refractivity contribution in [2.24, 2.45) is 0 Å². The third-order valence-electron chi connectivity index (χ3n) is 4.08. The van der Waals surface area contributed by atoms with Crippen LogP contribution in [0.3, 0.4) is 0 Å². The van der Waals surface area contributed by atoms with Crippen molar-refractivity contribution in [1.82, 2.24) is 0 Å². The van der Waals surface area contributed by atoms with E-state index in [0.29, 0.717) is 14.9 Å². The van der Waals surface area contributed by atoms with E-state index >= 15 is 0 Å². The van der Waals surface area contributed by atoms with E-state index in [1.54, 1.807) is 24.3 Å². The number of esters is 3. The number of carbonyl (C=O) groups excluding carboxylic acids is 4. The second-order valence-corrected chi connectivity index (χ2v) is 7.55. The van der Waals surface area contributed by atoms with Crippen molar-refractivity contribution in [3.63, 3.8) is 0 Å². The standard InChI is InChI=1S/C21H17IO8/c1-10(23)27-14-6-4-13(5-7-14)16-8-15(26)19-17(28-11(2)24)9-18(29-12(3)25)20(22)21(19)30-16/h4-7,9,16H,8H2,1-3H3. The molecule has 1 aliphatic heterocycles. The van der Waals surface area contributed by atoms with Crippen LogP contribution in [0.1, 0.15) is 49.2 Å². The van der Waals surface area contributed by atoms with Crippen LogP contribution in [-0.4, -0.2) is 23.7 Å². The molecule has 2 aromatic carbocycles. The molecule has 1 atom stereocenters. The van der Waals surface area contributed by atoms with Crippen molar-refractivity contribution in [2.75, 3.05) is 0 Å². The maximum Gasteiger partial charge on any atom is 0.308 e. The highest BCUT2D eigenvalue weighted by Crippen LogP contribution is 2.46. The number of ether oxygens (including phenoxy) is 4. The molecule has 2 aromatic rings. The number of halogens is 1. The Hall–Kier alpha value is -2.95. The summed E-state index contributed by atoms with van der Waals surface area (Å²) in [4.78, 5) is 46.9. The molecule has 3 rings (SSSR count). The van der Waals surface area contributed by atoms with E-state index in [1.807, 2.05) is 22.6 Å². The Morgan fingerprint density at radius 2 is 1.50 bits per heavy atom. The lowest BCUT2D eigenvalue weighted by atomic mass is 9.95. The Labute approximate surface area is 185 Å². The third kappa shape index (κ3) is 4.78. The fraction of sp³-hybridized carbons (Fsp3) is 0.238. The lowest BCUT2D eigenvalue weighted by Crippen LogP contribution is -2.23. The topological polar surface area (TPSA) is 105 Å². The highest BCUT2D eigenvalue weighted by Gasteiger charge is 2.34. The van der Waals surface area contributed by atoms with Gasteiger partial charge < -0.3 is 18.9 Å². The van der Waals surface area contributed by atoms with Crippen molar-refractivity contribution < 1.29 is 38.1 Å². The van der Waals surface area contributed by atoms with Gasteiger partial charge in [0, 0.05) is 26.8 Å². The number of hydrogen-bond donors (Lipinski definition) is 0. The predicted octanol–water partition coefficient (Wildman–Crippen LogP) is 3.77. The number of carbonyl (C=O) groups is 4. The summed E-state index contributed by atoms with van der Waals surface area (Å²) in [6.45, 7) is 3.75. The molecule has 1 aliphatic rings. The highest BCUT2D eigenvalue weighted by atomic mass is 127. The molecule has 9 heteroatoms. The fourth-order valence-corrected chi connectivity index (χ4v) is 3.65. The summed E-state index contributed by atoms with van der Waals surface area (Å²) in [5.74, 6) is -1.27. The summed E-state index contributed by atoms with van der Waals surface area (Å²) in [5, 5.41) is 0. The molecule has 0 aromatic heterocycles. The van der Waals surface area contributed by atoms with E-state index in [0.717, 1.165) is 0 Å². The van der Waals surface area contributed by atoms with E-state index in [2.05, 4.69) is 0 Å². The van der Waals surface area contributed by atoms with Gasteiger partial charge in [-0.3, -0.25) is 19.2 Å². The minimum Gasteiger partial charge on any atom is -0.483 e. The second-order valence-electron chi connectivity index (χ2n) is 6.47. The second kappa shape index (κ2) is 8.82. The van der Waals surface area contributed by atoms with Gasteiger partial charge in [0.25, 0.3) is 0 Å². The Balaban J connectivity index is 2.01. The number of ketones is 1. The zero-order valence-corrected chi connectivity index (χ0v) is 18.5. The van der Waals surface area contributed by atoms with E-state index in [-0.39, 0.29) is 35.0 Å². The summed E-state index contributed by atoms with van der Waals surface area (Å²) in [6.07, 6.45) is -0.611. The molecule has 30 heavy (non-hydrogen) atoms. The molecule has 0 fully saturated rings. The predicted molar refractivity (Wildman–Crippen MR) is 112 cm³/mol. The molecule has 0 spiro atoms. The molecule has 0 aliphatic carbocycles. The molecule has 0 saturated carbocycles. The van der Waals surface area contributed by atoms with Gasteiger partial charge in [0.15, 0.2) is 17.3 Å². The Bertz CT molecular complexity index is 1040. The Kier molecular flexibility index (Phi) is 6.40. The summed E-state index contributed by atoms with van der Waals surface area (Å²) in [5.41, 5.74) is 0.811. The number of hydrogen-bond acceptors (Lipinski definition) is 8. The normalized spacial score (nSPS) is 14.9. The number of fused-ring (bicyclic) bond motifs is 1. The van der Waals surface area contributed by atoms with E-state index in [9.17, 15) is 19.2 Å². The van der Waals surface area contributed by atoms with Crippen molar-refractivity contribution in [3.05, 3.63) is 45.0 Å². The number of benzene rings is 2. The average Bonchev–Trinajstić information content (AvgIpc) is 2.64. The van der Waals surface area contributed by atoms with Gasteiger partial charge in [-0.05, 0) is 40.3 Å². The Morgan fingerprint density at radius 1 is 0.933 bits per heavy atom. The molecule has 1 unspecified atom stereocenters. The number of Topliss-reactive ketones (excluding diaryl/α,β-unsaturated/α-hetero) is 1. The third-order valence-corrected chi connectivity index (χ3v) is 5.10. The molecule has 0 saturated heterocycles. The van der Waals surface area contributed by atoms with Crippen LogP contribution in [0.5, 0.6) is 23.0 Å². The van der Waals surface area contributed by atoms with Crippen molar-refractivity contribution >= 4 is 46.3 Å². The lowest BCUT2D eigenvalue weighted by Gasteiger charge is -2.28. The summed E-state index contributed by atoms with van der Waals surface area (Å²) < 4.78 is 21.8. The Morgan fingerprint density at radius 3 is 2.07 bits per heavy atom. The average molecular weight is 524 g/mol. The maximum absolute atomic E-state index is 12.9. The van der Waals surface area contributed by atoms with Crippen LogP contribution in [0, 0.1) is 3.57 Å². The summed E-state index contributed by atoms with van der Waals surface area (Å²) in [6, 6.07) is 7.92. The largest absolute Gasteiger partial charge is 0.483 e. The first-order valence-corrected chi connectivity index (χ1v) is 9.95. The SMILES string of the molecule is CC(=O)Oc1ccc(C2CC(=O)c3c(OC(C)=O)cc(OC(C)=O)c(I)c3O2)cc1. The molecule has 0 N–H and O–H groups in total. The van der Waals surface area contributed by atoms with Crippen LogP contribution in [0.15, 0.2) is 30.3 Å². The van der Waals surface area contributed by atoms with Crippen LogP contribution in [0.25, 0.3) is 0 Å². The molecular formula is C21H17IO8. The van der Waals surface area contributed by atoms with Crippen LogP contribution in [0.2, 0.25) is 0 Å². The van der Waals surface area contributed by atoms with Gasteiger partial charge in [-0.25, -0.2) is 0 Å². The lowest BCUT2D eigenvalue weighted by molar-refractivity contribution is -0.133. The van der Waals surface area contributed by atoms with Gasteiger partial charge >= 0.3 is 17.9 Å². The zero-order chi connectivity index (χ0) is 22.0. The number of rotatable bonds is 4. The molecule has 0 bridgehead atoms. The van der Waals surface area contributed by atoms with Crippen LogP contribution < -0.4 is 18.9 Å². The summed E-state index contributed by atoms with van der Waals surface area (Å²) in [7, 11) is 0. The molecular weight excluding hydrogens is 507 g/mol. The van der Waals surface area contributed by atoms with Crippen molar-refractivity contribution in [3.8, 4) is 23.0 Å². The first-order chi connectivity index (χ1) is 14.2. The van der Waals surface area contributed by atoms with Gasteiger partial charge in [-0.1, -0.05) is 12.1 Å². The van der Waals surface area contributed by atoms with Crippen LogP contribution in [-0.2, 0) is 14.4 Å². The maximum atomic E-state index is 12.9. The van der Waals surface area contributed by atoms with Crippen molar-refractivity contribution in [1.29, 1.82) is 0 Å². The molecule has 0 amide bonds. The fourth-order valence-electron chi connectivity index (χ4n) is 2.98. The van der Waals surface area contributed by atoms with Gasteiger partial charge in [0.1, 0.15) is 23.2 Å². The van der Waals surface area contributed by atoms with Crippen molar-refractivity contribution in [2.45, 2.75) is 33.3 Å². The molecule has 8 nitrogen and oxygen atoms in total. The van der Waals surface area contributed by atoms with E-state index in [4.69, 9.17) is 18.9 Å². The molecule has 0 radical (unpaired) electrons. The summed E-state index contributed by atoms with van der Waals surface area (Å²) >= 11 is 1.91. The minimum atomic E-state index is -0.623. The van der Waals surface area contributed by atoms with Crippen LogP contribution in [0.4, 0.5) is 0 Å². The van der Waals surface area contributed by atoms with Gasteiger partial charge in [0.2, 0.25) is 0 Å². The van der Waals surface area contributed by atoms with Gasteiger partial charge in [0.05, 0.1) is 9.99 Å². The smallest absolute Gasteiger partial charge is 0.308 e. The minimum absolute atomic E-state index is 0.0111. The van der Waals surface area contributed by atoms with E-state index in [1.165, 1.54) is 26.8 Å². The monoisotopic (exact) mass is 524 g/mol. The molecule has 1 heterocycles. The highest BCUT2D eigenvalue weighted by molar-refractivity contribution is 14.1. The first-order valence-electron chi connectivity index (χ1n) is 8.87. The quantitative estimate of drug-likeness (QED) is 0.338. The van der Waals surface area contributed by atoms with Crippen LogP contribution >= 0.6 is 22.6 Å². The molecule has 156 valence electrons. The van der Waals surface area contributed by atoms with Gasteiger partial charge in [-0.15, -0.1) is 0 Å². The first kappa shape index (κ1) is 21.8. The van der Waals surface area contributed by atoms with E-state index < -0.39 is 24.0 Å².